The van der Waals surface area contributed by atoms with Gasteiger partial charge in [-0.25, -0.2) is 4.79 Å². The first-order chi connectivity index (χ1) is 16.0. The maximum Gasteiger partial charge on any atom is 0.337 e. The van der Waals surface area contributed by atoms with E-state index in [-0.39, 0.29) is 24.4 Å². The van der Waals surface area contributed by atoms with Crippen molar-refractivity contribution in [1.29, 1.82) is 0 Å². The highest BCUT2D eigenvalue weighted by molar-refractivity contribution is 6.02. The Morgan fingerprint density at radius 2 is 1.52 bits per heavy atom. The van der Waals surface area contributed by atoms with Crippen molar-refractivity contribution in [2.45, 2.75) is 6.54 Å². The molecule has 0 saturated heterocycles. The molecule has 0 radical (unpaired) electrons. The van der Waals surface area contributed by atoms with Crippen LogP contribution in [0.3, 0.4) is 0 Å². The molecular weight excluding hydrogens is 424 g/mol. The molecule has 0 saturated carbocycles. The second-order valence-electron chi connectivity index (χ2n) is 6.93. The van der Waals surface area contributed by atoms with Crippen LogP contribution in [-0.2, 0) is 16.2 Å². The largest absolute Gasteiger partial charge is 0.497 e. The van der Waals surface area contributed by atoms with Gasteiger partial charge in [0.25, 0.3) is 5.91 Å². The van der Waals surface area contributed by atoms with Crippen LogP contribution in [0.5, 0.6) is 11.5 Å². The first-order valence-electron chi connectivity index (χ1n) is 10.1. The number of oxime groups is 1. The second-order valence-corrected chi connectivity index (χ2v) is 6.93. The van der Waals surface area contributed by atoms with Gasteiger partial charge in [-0.3, -0.25) is 4.79 Å². The molecule has 0 aliphatic carbocycles. The number of carbonyl (C=O) groups excluding carboxylic acids is 1. The summed E-state index contributed by atoms with van der Waals surface area (Å²) in [5, 5.41) is 13.4. The minimum Gasteiger partial charge on any atom is -0.497 e. The third-order valence-corrected chi connectivity index (χ3v) is 4.81. The molecule has 0 spiro atoms. The number of hydrogen-bond acceptors (Lipinski definition) is 6. The van der Waals surface area contributed by atoms with E-state index in [0.717, 1.165) is 16.9 Å². The number of nitrogens with zero attached hydrogens (tertiary/aromatic N) is 2. The van der Waals surface area contributed by atoms with Crippen LogP contribution >= 0.6 is 0 Å². The quantitative estimate of drug-likeness (QED) is 0.372. The smallest absolute Gasteiger partial charge is 0.337 e. The van der Waals surface area contributed by atoms with E-state index in [1.807, 2.05) is 12.1 Å². The lowest BCUT2D eigenvalue weighted by atomic mass is 10.1. The van der Waals surface area contributed by atoms with Gasteiger partial charge in [0.1, 0.15) is 11.5 Å². The van der Waals surface area contributed by atoms with Gasteiger partial charge in [0.15, 0.2) is 6.61 Å². The molecule has 170 valence electrons. The lowest BCUT2D eigenvalue weighted by molar-refractivity contribution is -0.123. The second kappa shape index (κ2) is 11.3. The van der Waals surface area contributed by atoms with Gasteiger partial charge >= 0.3 is 5.97 Å². The number of anilines is 1. The molecule has 1 N–H and O–H groups in total. The zero-order chi connectivity index (χ0) is 23.6. The number of ether oxygens (including phenoxy) is 2. The summed E-state index contributed by atoms with van der Waals surface area (Å²) in [6.45, 7) is -0.213. The maximum atomic E-state index is 13.0. The standard InChI is InChI=1S/C25H24N2O6/c1-31-20-11-7-18(8-12-20)15-26-33-17-24(28)27(16-19-9-13-21(32-2)14-10-19)23-6-4-3-5-22(23)25(29)30/h3-15H,16-17H2,1-2H3,(H,29,30). The Hall–Kier alpha value is -4.33. The molecule has 0 aromatic heterocycles. The molecule has 8 nitrogen and oxygen atoms in total. The minimum absolute atomic E-state index is 0.0149. The Balaban J connectivity index is 1.76. The normalized spacial score (nSPS) is 10.6. The number of carboxylic acids is 1. The Bertz CT molecular complexity index is 1110. The van der Waals surface area contributed by atoms with Gasteiger partial charge in [-0.05, 0) is 59.7 Å². The highest BCUT2D eigenvalue weighted by Gasteiger charge is 2.22. The Labute approximate surface area is 191 Å². The fourth-order valence-electron chi connectivity index (χ4n) is 3.07. The van der Waals surface area contributed by atoms with Crippen molar-refractivity contribution in [2.75, 3.05) is 25.7 Å². The van der Waals surface area contributed by atoms with Gasteiger partial charge in [0.2, 0.25) is 0 Å². The number of carboxylic acid groups (broad SMARTS) is 1. The summed E-state index contributed by atoms with van der Waals surface area (Å²) < 4.78 is 10.3. The number of benzene rings is 3. The summed E-state index contributed by atoms with van der Waals surface area (Å²) in [7, 11) is 3.15. The minimum atomic E-state index is -1.13. The van der Waals surface area contributed by atoms with E-state index >= 15 is 0 Å². The van der Waals surface area contributed by atoms with Gasteiger partial charge in [0.05, 0.1) is 38.2 Å². The third kappa shape index (κ3) is 6.33. The van der Waals surface area contributed by atoms with Gasteiger partial charge in [-0.2, -0.15) is 0 Å². The number of rotatable bonds is 10. The Kier molecular flexibility index (Phi) is 8.02. The average Bonchev–Trinajstić information content (AvgIpc) is 2.85. The summed E-state index contributed by atoms with van der Waals surface area (Å²) in [6.07, 6.45) is 1.48. The van der Waals surface area contributed by atoms with E-state index in [9.17, 15) is 14.7 Å². The molecule has 0 aliphatic rings. The van der Waals surface area contributed by atoms with Crippen LogP contribution in [-0.4, -0.2) is 44.0 Å². The van der Waals surface area contributed by atoms with Crippen molar-refractivity contribution in [3.05, 3.63) is 89.5 Å². The monoisotopic (exact) mass is 448 g/mol. The number of methoxy groups -OCH3 is 2. The Morgan fingerprint density at radius 1 is 0.909 bits per heavy atom. The molecule has 0 fully saturated rings. The van der Waals surface area contributed by atoms with Crippen LogP contribution in [0.1, 0.15) is 21.5 Å². The average molecular weight is 448 g/mol. The van der Waals surface area contributed by atoms with E-state index in [4.69, 9.17) is 14.3 Å². The van der Waals surface area contributed by atoms with Crippen molar-refractivity contribution in [1.82, 2.24) is 0 Å². The molecule has 0 unspecified atom stereocenters. The summed E-state index contributed by atoms with van der Waals surface area (Å²) in [5.41, 5.74) is 1.86. The van der Waals surface area contributed by atoms with Crippen molar-refractivity contribution in [3.63, 3.8) is 0 Å². The molecule has 0 atom stereocenters. The zero-order valence-corrected chi connectivity index (χ0v) is 18.3. The molecule has 0 heterocycles. The molecule has 1 amide bonds. The summed E-state index contributed by atoms with van der Waals surface area (Å²) in [4.78, 5) is 31.3. The van der Waals surface area contributed by atoms with E-state index < -0.39 is 11.9 Å². The van der Waals surface area contributed by atoms with Gasteiger partial charge in [-0.15, -0.1) is 0 Å². The maximum absolute atomic E-state index is 13.0. The highest BCUT2D eigenvalue weighted by Crippen LogP contribution is 2.24. The number of amides is 1. The van der Waals surface area contributed by atoms with Crippen LogP contribution in [0.15, 0.2) is 78.0 Å². The van der Waals surface area contributed by atoms with Gasteiger partial charge < -0.3 is 24.3 Å². The molecule has 3 rings (SSSR count). The van der Waals surface area contributed by atoms with Crippen LogP contribution < -0.4 is 14.4 Å². The van der Waals surface area contributed by atoms with Gasteiger partial charge in [0, 0.05) is 0 Å². The molecule has 33 heavy (non-hydrogen) atoms. The lowest BCUT2D eigenvalue weighted by Crippen LogP contribution is -2.34. The predicted molar refractivity (Wildman–Crippen MR) is 124 cm³/mol. The van der Waals surface area contributed by atoms with Crippen molar-refractivity contribution in [2.24, 2.45) is 5.16 Å². The van der Waals surface area contributed by atoms with Gasteiger partial charge in [-0.1, -0.05) is 29.4 Å². The fourth-order valence-corrected chi connectivity index (χ4v) is 3.07. The zero-order valence-electron chi connectivity index (χ0n) is 18.3. The number of aromatic carboxylic acids is 1. The van der Waals surface area contributed by atoms with Crippen LogP contribution in [0.25, 0.3) is 0 Å². The van der Waals surface area contributed by atoms with Crippen LogP contribution in [0.4, 0.5) is 5.69 Å². The van der Waals surface area contributed by atoms with E-state index in [1.54, 1.807) is 68.8 Å². The first-order valence-corrected chi connectivity index (χ1v) is 10.1. The first kappa shape index (κ1) is 23.3. The van der Waals surface area contributed by atoms with Crippen molar-refractivity contribution < 1.29 is 29.0 Å². The van der Waals surface area contributed by atoms with E-state index in [0.29, 0.717) is 5.75 Å². The highest BCUT2D eigenvalue weighted by atomic mass is 16.6. The number of para-hydroxylation sites is 1. The summed E-state index contributed by atoms with van der Waals surface area (Å²) in [5.74, 6) is -0.170. The third-order valence-electron chi connectivity index (χ3n) is 4.81. The predicted octanol–water partition coefficient (Wildman–Crippen LogP) is 3.99. The van der Waals surface area contributed by atoms with E-state index in [1.165, 1.54) is 17.2 Å². The number of hydrogen-bond donors (Lipinski definition) is 1. The molecular formula is C25H24N2O6. The molecule has 0 aliphatic heterocycles. The van der Waals surface area contributed by atoms with Crippen molar-refractivity contribution >= 4 is 23.8 Å². The van der Waals surface area contributed by atoms with E-state index in [2.05, 4.69) is 5.16 Å². The van der Waals surface area contributed by atoms with Crippen LogP contribution in [0.2, 0.25) is 0 Å². The summed E-state index contributed by atoms with van der Waals surface area (Å²) in [6, 6.07) is 20.7. The van der Waals surface area contributed by atoms with Crippen molar-refractivity contribution in [3.8, 4) is 11.5 Å². The molecule has 8 heteroatoms. The molecule has 3 aromatic rings. The lowest BCUT2D eigenvalue weighted by Gasteiger charge is -2.24. The molecule has 0 bridgehead atoms. The summed E-state index contributed by atoms with van der Waals surface area (Å²) >= 11 is 0. The van der Waals surface area contributed by atoms with Crippen LogP contribution in [0, 0.1) is 0 Å². The molecule has 3 aromatic carbocycles. The number of carbonyl (C=O) groups is 2. The SMILES string of the molecule is COc1ccc(C=NOCC(=O)N(Cc2ccc(OC)cc2)c2ccccc2C(=O)O)cc1. The fraction of sp³-hybridized carbons (Fsp3) is 0.160. The topological polar surface area (TPSA) is 97.7 Å². The Morgan fingerprint density at radius 3 is 2.12 bits per heavy atom.